The molecule has 4 nitrogen and oxygen atoms in total. The standard InChI is InChI=1S/C22H22N2O2/c23-14-15-2-1-3-18(12-15)22(10-11-22)24-21(26)13-20(16-4-5-16)17-6-8-19(25)9-7-17/h1-3,6-9,12,16,20,25H,4-5,10-11,13H2,(H,24,26)/t20-/m1/s1. The minimum absolute atomic E-state index is 0.0647. The molecule has 0 radical (unpaired) electrons. The van der Waals surface area contributed by atoms with E-state index < -0.39 is 0 Å². The molecule has 4 heteroatoms. The van der Waals surface area contributed by atoms with Gasteiger partial charge in [-0.2, -0.15) is 5.26 Å². The Kier molecular flexibility index (Phi) is 4.16. The van der Waals surface area contributed by atoms with E-state index in [1.165, 1.54) is 0 Å². The highest BCUT2D eigenvalue weighted by molar-refractivity contribution is 5.78. The lowest BCUT2D eigenvalue weighted by atomic mass is 9.90. The van der Waals surface area contributed by atoms with Crippen LogP contribution < -0.4 is 5.32 Å². The highest BCUT2D eigenvalue weighted by atomic mass is 16.3. The normalized spacial score (nSPS) is 18.6. The minimum atomic E-state index is -0.299. The quantitative estimate of drug-likeness (QED) is 0.832. The van der Waals surface area contributed by atoms with Gasteiger partial charge in [0.05, 0.1) is 17.2 Å². The lowest BCUT2D eigenvalue weighted by molar-refractivity contribution is -0.122. The summed E-state index contributed by atoms with van der Waals surface area (Å²) in [4.78, 5) is 12.8. The Morgan fingerprint density at radius 1 is 1.23 bits per heavy atom. The molecule has 2 saturated carbocycles. The van der Waals surface area contributed by atoms with E-state index in [9.17, 15) is 9.90 Å². The van der Waals surface area contributed by atoms with Crippen LogP contribution in [0.2, 0.25) is 0 Å². The molecule has 1 amide bonds. The van der Waals surface area contributed by atoms with Crippen molar-refractivity contribution in [2.75, 3.05) is 0 Å². The van der Waals surface area contributed by atoms with E-state index >= 15 is 0 Å². The second kappa shape index (κ2) is 6.49. The number of nitrogens with zero attached hydrogens (tertiary/aromatic N) is 1. The van der Waals surface area contributed by atoms with Crippen molar-refractivity contribution >= 4 is 5.91 Å². The zero-order valence-electron chi connectivity index (χ0n) is 14.6. The maximum absolute atomic E-state index is 12.8. The molecule has 132 valence electrons. The lowest BCUT2D eigenvalue weighted by Crippen LogP contribution is -2.35. The van der Waals surface area contributed by atoms with E-state index in [4.69, 9.17) is 5.26 Å². The summed E-state index contributed by atoms with van der Waals surface area (Å²) in [7, 11) is 0. The Morgan fingerprint density at radius 3 is 2.58 bits per heavy atom. The predicted molar refractivity (Wildman–Crippen MR) is 98.4 cm³/mol. The van der Waals surface area contributed by atoms with Gasteiger partial charge in [-0.1, -0.05) is 24.3 Å². The van der Waals surface area contributed by atoms with Gasteiger partial charge < -0.3 is 10.4 Å². The minimum Gasteiger partial charge on any atom is -0.508 e. The fraction of sp³-hybridized carbons (Fsp3) is 0.364. The van der Waals surface area contributed by atoms with Crippen molar-refractivity contribution in [1.82, 2.24) is 5.32 Å². The molecule has 0 bridgehead atoms. The third-order valence-electron chi connectivity index (χ3n) is 5.59. The SMILES string of the molecule is N#Cc1cccc(C2(NC(=O)C[C@@H](c3ccc(O)cc3)C3CC3)CC2)c1. The summed E-state index contributed by atoms with van der Waals surface area (Å²) in [6.07, 6.45) is 4.62. The summed E-state index contributed by atoms with van der Waals surface area (Å²) in [5, 5.41) is 21.8. The second-order valence-corrected chi connectivity index (χ2v) is 7.56. The van der Waals surface area contributed by atoms with Crippen molar-refractivity contribution in [3.8, 4) is 11.8 Å². The largest absolute Gasteiger partial charge is 0.508 e. The van der Waals surface area contributed by atoms with Crippen LogP contribution in [-0.2, 0) is 10.3 Å². The van der Waals surface area contributed by atoms with Gasteiger partial charge in [-0.05, 0) is 72.9 Å². The number of nitriles is 1. The summed E-state index contributed by atoms with van der Waals surface area (Å²) >= 11 is 0. The molecular formula is C22H22N2O2. The molecule has 0 aromatic heterocycles. The molecule has 0 heterocycles. The van der Waals surface area contributed by atoms with Crippen molar-refractivity contribution in [3.05, 3.63) is 65.2 Å². The summed E-state index contributed by atoms with van der Waals surface area (Å²) in [6, 6.07) is 16.9. The first-order valence-corrected chi connectivity index (χ1v) is 9.20. The van der Waals surface area contributed by atoms with Crippen LogP contribution in [0.15, 0.2) is 48.5 Å². The summed E-state index contributed by atoms with van der Waals surface area (Å²) in [5.41, 5.74) is 2.48. The first-order valence-electron chi connectivity index (χ1n) is 9.20. The maximum Gasteiger partial charge on any atom is 0.221 e. The van der Waals surface area contributed by atoms with Crippen molar-refractivity contribution in [2.45, 2.75) is 43.6 Å². The second-order valence-electron chi connectivity index (χ2n) is 7.56. The Labute approximate surface area is 153 Å². The molecule has 2 aromatic rings. The third-order valence-corrected chi connectivity index (χ3v) is 5.59. The highest BCUT2D eigenvalue weighted by Gasteiger charge is 2.46. The molecule has 0 spiro atoms. The predicted octanol–water partition coefficient (Wildman–Crippen LogP) is 3.95. The van der Waals surface area contributed by atoms with E-state index in [0.717, 1.165) is 36.8 Å². The Morgan fingerprint density at radius 2 is 1.96 bits per heavy atom. The van der Waals surface area contributed by atoms with E-state index in [-0.39, 0.29) is 23.1 Å². The fourth-order valence-corrected chi connectivity index (χ4v) is 3.79. The number of benzene rings is 2. The van der Waals surface area contributed by atoms with Gasteiger partial charge in [-0.25, -0.2) is 0 Å². The van der Waals surface area contributed by atoms with Gasteiger partial charge in [0.15, 0.2) is 0 Å². The Balaban J connectivity index is 1.47. The van der Waals surface area contributed by atoms with Crippen LogP contribution in [0, 0.1) is 17.2 Å². The number of nitrogens with one attached hydrogen (secondary N) is 1. The van der Waals surface area contributed by atoms with Crippen LogP contribution in [0.5, 0.6) is 5.75 Å². The Hall–Kier alpha value is -2.80. The van der Waals surface area contributed by atoms with E-state index in [1.807, 2.05) is 30.3 Å². The van der Waals surface area contributed by atoms with Crippen LogP contribution in [0.4, 0.5) is 0 Å². The monoisotopic (exact) mass is 346 g/mol. The van der Waals surface area contributed by atoms with Crippen LogP contribution in [0.3, 0.4) is 0 Å². The average molecular weight is 346 g/mol. The number of aromatic hydroxyl groups is 1. The molecule has 2 aliphatic carbocycles. The fourth-order valence-electron chi connectivity index (χ4n) is 3.79. The van der Waals surface area contributed by atoms with E-state index in [0.29, 0.717) is 17.9 Å². The van der Waals surface area contributed by atoms with Gasteiger partial charge in [-0.15, -0.1) is 0 Å². The molecule has 26 heavy (non-hydrogen) atoms. The molecule has 4 rings (SSSR count). The smallest absolute Gasteiger partial charge is 0.221 e. The highest BCUT2D eigenvalue weighted by Crippen LogP contribution is 2.47. The number of hydrogen-bond acceptors (Lipinski definition) is 3. The first-order chi connectivity index (χ1) is 12.6. The van der Waals surface area contributed by atoms with E-state index in [2.05, 4.69) is 11.4 Å². The van der Waals surface area contributed by atoms with Crippen molar-refractivity contribution in [3.63, 3.8) is 0 Å². The molecule has 1 atom stereocenters. The number of carbonyl (C=O) groups is 1. The lowest BCUT2D eigenvalue weighted by Gasteiger charge is -2.21. The van der Waals surface area contributed by atoms with Crippen molar-refractivity contribution in [1.29, 1.82) is 5.26 Å². The van der Waals surface area contributed by atoms with Crippen LogP contribution in [0.1, 0.15) is 54.7 Å². The number of hydrogen-bond donors (Lipinski definition) is 2. The van der Waals surface area contributed by atoms with Crippen LogP contribution in [-0.4, -0.2) is 11.0 Å². The molecule has 0 aliphatic heterocycles. The first kappa shape index (κ1) is 16.7. The van der Waals surface area contributed by atoms with Gasteiger partial charge in [-0.3, -0.25) is 4.79 Å². The number of amides is 1. The number of carbonyl (C=O) groups excluding carboxylic acids is 1. The average Bonchev–Trinajstić information content (AvgIpc) is 3.56. The van der Waals surface area contributed by atoms with E-state index in [1.54, 1.807) is 18.2 Å². The molecule has 2 N–H and O–H groups in total. The number of phenolic OH excluding ortho intramolecular Hbond substituents is 1. The summed E-state index contributed by atoms with van der Waals surface area (Å²) < 4.78 is 0. The van der Waals surface area contributed by atoms with Crippen molar-refractivity contribution in [2.24, 2.45) is 5.92 Å². The third kappa shape index (κ3) is 3.43. The summed E-state index contributed by atoms with van der Waals surface area (Å²) in [6.45, 7) is 0. The topological polar surface area (TPSA) is 73.1 Å². The molecule has 0 saturated heterocycles. The molecule has 2 aliphatic rings. The van der Waals surface area contributed by atoms with Gasteiger partial charge in [0, 0.05) is 6.42 Å². The van der Waals surface area contributed by atoms with Gasteiger partial charge in [0.1, 0.15) is 5.75 Å². The zero-order chi connectivity index (χ0) is 18.1. The number of phenols is 1. The maximum atomic E-state index is 12.8. The molecule has 2 fully saturated rings. The Bertz CT molecular complexity index is 858. The van der Waals surface area contributed by atoms with Gasteiger partial charge in [0.2, 0.25) is 5.91 Å². The van der Waals surface area contributed by atoms with Gasteiger partial charge >= 0.3 is 0 Å². The molecular weight excluding hydrogens is 324 g/mol. The zero-order valence-corrected chi connectivity index (χ0v) is 14.6. The van der Waals surface area contributed by atoms with Crippen LogP contribution in [0.25, 0.3) is 0 Å². The molecule has 2 aromatic carbocycles. The van der Waals surface area contributed by atoms with Crippen molar-refractivity contribution < 1.29 is 9.90 Å². The van der Waals surface area contributed by atoms with Gasteiger partial charge in [0.25, 0.3) is 0 Å². The number of rotatable bonds is 6. The molecule has 0 unspecified atom stereocenters. The van der Waals surface area contributed by atoms with Crippen LogP contribution >= 0.6 is 0 Å². The summed E-state index contributed by atoms with van der Waals surface area (Å²) in [5.74, 6) is 1.08.